The van der Waals surface area contributed by atoms with E-state index in [0.29, 0.717) is 29.6 Å². The molecule has 1 fully saturated rings. The monoisotopic (exact) mass is 365 g/mol. The van der Waals surface area contributed by atoms with E-state index in [1.807, 2.05) is 6.92 Å². The number of hydrogen-bond donors (Lipinski definition) is 0. The summed E-state index contributed by atoms with van der Waals surface area (Å²) < 4.78 is 38.3. The smallest absolute Gasteiger partial charge is 0.243 e. The topological polar surface area (TPSA) is 85.5 Å². The molecule has 2 aromatic rings. The molecule has 1 aliphatic heterocycles. The van der Waals surface area contributed by atoms with Crippen molar-refractivity contribution in [2.24, 2.45) is 0 Å². The van der Waals surface area contributed by atoms with Crippen LogP contribution in [0.2, 0.25) is 0 Å². The average molecular weight is 365 g/mol. The van der Waals surface area contributed by atoms with Crippen LogP contribution in [0.4, 0.5) is 0 Å². The molecule has 0 radical (unpaired) electrons. The maximum atomic E-state index is 13.2. The Balaban J connectivity index is 2.04. The maximum absolute atomic E-state index is 13.2. The summed E-state index contributed by atoms with van der Waals surface area (Å²) in [6.45, 7) is 4.27. The van der Waals surface area contributed by atoms with Gasteiger partial charge in [-0.2, -0.15) is 9.29 Å². The molecule has 0 N–H and O–H groups in total. The van der Waals surface area contributed by atoms with Crippen LogP contribution in [0.15, 0.2) is 27.6 Å². The molecule has 3 rings (SSSR count). The van der Waals surface area contributed by atoms with Crippen LogP contribution in [-0.4, -0.2) is 42.6 Å². The average Bonchev–Trinajstić information content (AvgIpc) is 3.07. The molecule has 8 heteroatoms. The first kappa shape index (κ1) is 17.9. The number of methoxy groups -OCH3 is 1. The molecule has 1 atom stereocenters. The van der Waals surface area contributed by atoms with Crippen LogP contribution < -0.4 is 4.74 Å². The van der Waals surface area contributed by atoms with Crippen molar-refractivity contribution in [3.8, 4) is 17.1 Å². The van der Waals surface area contributed by atoms with Crippen LogP contribution >= 0.6 is 0 Å². The van der Waals surface area contributed by atoms with Gasteiger partial charge in [-0.1, -0.05) is 18.5 Å². The summed E-state index contributed by atoms with van der Waals surface area (Å²) in [6, 6.07) is 4.83. The van der Waals surface area contributed by atoms with Crippen LogP contribution in [-0.2, 0) is 10.0 Å². The molecule has 25 heavy (non-hydrogen) atoms. The minimum Gasteiger partial charge on any atom is -0.496 e. The van der Waals surface area contributed by atoms with Gasteiger partial charge in [-0.15, -0.1) is 0 Å². The fraction of sp³-hybridized carbons (Fsp3) is 0.529. The number of sulfonamides is 1. The van der Waals surface area contributed by atoms with Gasteiger partial charge in [0.15, 0.2) is 0 Å². The van der Waals surface area contributed by atoms with Gasteiger partial charge in [0.25, 0.3) is 0 Å². The van der Waals surface area contributed by atoms with Crippen molar-refractivity contribution in [1.29, 1.82) is 0 Å². The normalized spacial score (nSPS) is 19.1. The Morgan fingerprint density at radius 3 is 2.80 bits per heavy atom. The highest BCUT2D eigenvalue weighted by atomic mass is 32.2. The van der Waals surface area contributed by atoms with Gasteiger partial charge in [-0.25, -0.2) is 8.42 Å². The summed E-state index contributed by atoms with van der Waals surface area (Å²) in [5, 5.41) is 3.89. The van der Waals surface area contributed by atoms with Gasteiger partial charge in [0.2, 0.25) is 21.7 Å². The molecular weight excluding hydrogens is 342 g/mol. The lowest BCUT2D eigenvalue weighted by molar-refractivity contribution is 0.246. The van der Waals surface area contributed by atoms with Crippen molar-refractivity contribution in [2.45, 2.75) is 50.5 Å². The van der Waals surface area contributed by atoms with Gasteiger partial charge >= 0.3 is 0 Å². The number of rotatable bonds is 5. The van der Waals surface area contributed by atoms with Crippen LogP contribution in [0.3, 0.4) is 0 Å². The summed E-state index contributed by atoms with van der Waals surface area (Å²) in [4.78, 5) is 4.42. The lowest BCUT2D eigenvalue weighted by Crippen LogP contribution is -2.43. The van der Waals surface area contributed by atoms with E-state index in [1.54, 1.807) is 29.4 Å². The van der Waals surface area contributed by atoms with E-state index in [-0.39, 0.29) is 10.9 Å². The second kappa shape index (κ2) is 7.13. The zero-order chi connectivity index (χ0) is 18.0. The molecule has 0 unspecified atom stereocenters. The summed E-state index contributed by atoms with van der Waals surface area (Å²) in [6.07, 6.45) is 3.68. The molecule has 136 valence electrons. The highest BCUT2D eigenvalue weighted by Gasteiger charge is 2.33. The highest BCUT2D eigenvalue weighted by molar-refractivity contribution is 7.89. The molecule has 1 aromatic carbocycles. The fourth-order valence-corrected chi connectivity index (χ4v) is 5.06. The van der Waals surface area contributed by atoms with Crippen LogP contribution in [0, 0.1) is 6.92 Å². The van der Waals surface area contributed by atoms with E-state index in [9.17, 15) is 8.42 Å². The quantitative estimate of drug-likeness (QED) is 0.810. The Morgan fingerprint density at radius 1 is 1.36 bits per heavy atom. The van der Waals surface area contributed by atoms with Crippen molar-refractivity contribution in [3.05, 3.63) is 24.1 Å². The molecular formula is C17H23N3O4S. The summed E-state index contributed by atoms with van der Waals surface area (Å²) >= 11 is 0. The van der Waals surface area contributed by atoms with E-state index in [0.717, 1.165) is 25.7 Å². The molecule has 1 saturated heterocycles. The predicted molar refractivity (Wildman–Crippen MR) is 92.8 cm³/mol. The third kappa shape index (κ3) is 3.41. The van der Waals surface area contributed by atoms with Crippen LogP contribution in [0.25, 0.3) is 11.4 Å². The van der Waals surface area contributed by atoms with Crippen LogP contribution in [0.1, 0.15) is 38.5 Å². The van der Waals surface area contributed by atoms with Crippen molar-refractivity contribution in [2.75, 3.05) is 13.7 Å². The Labute approximate surface area is 148 Å². The molecule has 7 nitrogen and oxygen atoms in total. The minimum atomic E-state index is -3.58. The van der Waals surface area contributed by atoms with Gasteiger partial charge in [0.1, 0.15) is 5.75 Å². The maximum Gasteiger partial charge on any atom is 0.243 e. The highest BCUT2D eigenvalue weighted by Crippen LogP contribution is 2.33. The van der Waals surface area contributed by atoms with E-state index in [4.69, 9.17) is 9.26 Å². The standard InChI is InChI=1S/C17H23N3O4S/c1-4-13-7-5-6-10-20(13)25(21,22)14-8-9-16(23-3)15(11-14)17-18-12(2)24-19-17/h8-9,11,13H,4-7,10H2,1-3H3/t13-/m1/s1. The lowest BCUT2D eigenvalue weighted by atomic mass is 10.0. The van der Waals surface area contributed by atoms with Crippen molar-refractivity contribution in [3.63, 3.8) is 0 Å². The molecule has 0 amide bonds. The van der Waals surface area contributed by atoms with Gasteiger partial charge in [-0.05, 0) is 37.5 Å². The van der Waals surface area contributed by atoms with Gasteiger partial charge < -0.3 is 9.26 Å². The largest absolute Gasteiger partial charge is 0.496 e. The molecule has 1 aromatic heterocycles. The predicted octanol–water partition coefficient (Wildman–Crippen LogP) is 3.01. The molecule has 0 spiro atoms. The number of benzene rings is 1. The fourth-order valence-electron chi connectivity index (χ4n) is 3.26. The van der Waals surface area contributed by atoms with E-state index in [1.165, 1.54) is 7.11 Å². The molecule has 0 aliphatic carbocycles. The van der Waals surface area contributed by atoms with Crippen molar-refractivity contribution < 1.29 is 17.7 Å². The zero-order valence-electron chi connectivity index (χ0n) is 14.7. The second-order valence-corrected chi connectivity index (χ2v) is 8.06. The minimum absolute atomic E-state index is 0.0525. The third-order valence-corrected chi connectivity index (χ3v) is 6.54. The number of piperidine rings is 1. The first-order valence-electron chi connectivity index (χ1n) is 8.48. The van der Waals surface area contributed by atoms with Crippen LogP contribution in [0.5, 0.6) is 5.75 Å². The molecule has 1 aliphatic rings. The zero-order valence-corrected chi connectivity index (χ0v) is 15.5. The number of nitrogens with zero attached hydrogens (tertiary/aromatic N) is 3. The third-order valence-electron chi connectivity index (χ3n) is 4.59. The van der Waals surface area contributed by atoms with Gasteiger partial charge in [0.05, 0.1) is 17.6 Å². The number of aromatic nitrogens is 2. The number of aryl methyl sites for hydroxylation is 1. The lowest BCUT2D eigenvalue weighted by Gasteiger charge is -2.34. The van der Waals surface area contributed by atoms with Gasteiger partial charge in [-0.3, -0.25) is 0 Å². The van der Waals surface area contributed by atoms with Crippen molar-refractivity contribution in [1.82, 2.24) is 14.4 Å². The Kier molecular flexibility index (Phi) is 5.10. The molecule has 0 saturated carbocycles. The first-order valence-corrected chi connectivity index (χ1v) is 9.92. The second-order valence-electron chi connectivity index (χ2n) is 6.17. The van der Waals surface area contributed by atoms with Crippen molar-refractivity contribution >= 4 is 10.0 Å². The summed E-state index contributed by atoms with van der Waals surface area (Å²) in [5.74, 6) is 1.23. The Hall–Kier alpha value is -1.93. The molecule has 2 heterocycles. The summed E-state index contributed by atoms with van der Waals surface area (Å²) in [7, 11) is -2.05. The van der Waals surface area contributed by atoms with E-state index in [2.05, 4.69) is 10.1 Å². The number of ether oxygens (including phenoxy) is 1. The van der Waals surface area contributed by atoms with Gasteiger partial charge in [0, 0.05) is 19.5 Å². The summed E-state index contributed by atoms with van der Waals surface area (Å²) in [5.41, 5.74) is 0.505. The number of hydrogen-bond acceptors (Lipinski definition) is 6. The SMILES string of the molecule is CC[C@@H]1CCCCN1S(=O)(=O)c1ccc(OC)c(-c2noc(C)n2)c1. The molecule has 0 bridgehead atoms. The Bertz CT molecular complexity index is 847. The Morgan fingerprint density at radius 2 is 2.16 bits per heavy atom. The van der Waals surface area contributed by atoms with E-state index < -0.39 is 10.0 Å². The van der Waals surface area contributed by atoms with E-state index >= 15 is 0 Å². The first-order chi connectivity index (χ1) is 12.0.